The van der Waals surface area contributed by atoms with Crippen LogP contribution < -0.4 is 15.9 Å². The van der Waals surface area contributed by atoms with Crippen molar-refractivity contribution in [3.63, 3.8) is 0 Å². The summed E-state index contributed by atoms with van der Waals surface area (Å²) in [6.45, 7) is 6.71. The van der Waals surface area contributed by atoms with E-state index in [0.717, 1.165) is 24.0 Å². The Labute approximate surface area is 197 Å². The minimum Gasteiger partial charge on any atom is -0.444 e. The first-order valence-corrected chi connectivity index (χ1v) is 11.8. The lowest BCUT2D eigenvalue weighted by Gasteiger charge is -2.42. The zero-order valence-corrected chi connectivity index (χ0v) is 20.0. The van der Waals surface area contributed by atoms with E-state index in [4.69, 9.17) is 4.74 Å². The fourth-order valence-electron chi connectivity index (χ4n) is 5.63. The number of imide groups is 1. The van der Waals surface area contributed by atoms with Crippen LogP contribution in [0.25, 0.3) is 11.0 Å². The molecule has 0 aliphatic carbocycles. The van der Waals surface area contributed by atoms with E-state index in [1.807, 2.05) is 39.0 Å². The number of anilines is 1. The van der Waals surface area contributed by atoms with Crippen LogP contribution in [0.5, 0.6) is 0 Å². The number of aryl methyl sites for hydroxylation is 1. The molecule has 3 amide bonds. The smallest absolute Gasteiger partial charge is 0.410 e. The molecule has 34 heavy (non-hydrogen) atoms. The van der Waals surface area contributed by atoms with Crippen molar-refractivity contribution >= 4 is 34.6 Å². The van der Waals surface area contributed by atoms with E-state index in [0.29, 0.717) is 25.0 Å². The number of nitrogens with zero attached hydrogens (tertiary/aromatic N) is 4. The third-order valence-corrected chi connectivity index (χ3v) is 7.02. The van der Waals surface area contributed by atoms with Gasteiger partial charge >= 0.3 is 11.8 Å². The van der Waals surface area contributed by atoms with Gasteiger partial charge in [0.2, 0.25) is 11.8 Å². The maximum atomic E-state index is 13.3. The Morgan fingerprint density at radius 1 is 1.06 bits per heavy atom. The molecule has 3 saturated heterocycles. The van der Waals surface area contributed by atoms with Crippen LogP contribution in [0.1, 0.15) is 52.5 Å². The summed E-state index contributed by atoms with van der Waals surface area (Å²) in [5, 5.41) is 2.36. The van der Waals surface area contributed by atoms with E-state index in [2.05, 4.69) is 10.2 Å². The second-order valence-corrected chi connectivity index (χ2v) is 10.5. The number of aromatic nitrogens is 2. The van der Waals surface area contributed by atoms with Gasteiger partial charge in [-0.1, -0.05) is 6.07 Å². The SMILES string of the molecule is Cn1c(=O)n(C2CCC(=O)NC2=O)c2cccc(N3C4CCC3CN(C(=O)OC(C)(C)C)C4)c21. The highest BCUT2D eigenvalue weighted by Gasteiger charge is 2.43. The lowest BCUT2D eigenvalue weighted by molar-refractivity contribution is -0.135. The molecule has 1 aromatic carbocycles. The summed E-state index contributed by atoms with van der Waals surface area (Å²) in [5.74, 6) is -0.753. The molecule has 2 aromatic rings. The maximum absolute atomic E-state index is 13.3. The van der Waals surface area contributed by atoms with Gasteiger partial charge in [0.15, 0.2) is 0 Å². The van der Waals surface area contributed by atoms with Crippen LogP contribution >= 0.6 is 0 Å². The Balaban J connectivity index is 1.50. The number of piperidine rings is 1. The van der Waals surface area contributed by atoms with E-state index in [9.17, 15) is 19.2 Å². The predicted octanol–water partition coefficient (Wildman–Crippen LogP) is 1.91. The number of amides is 3. The average Bonchev–Trinajstić information content (AvgIpc) is 3.16. The molecule has 0 saturated carbocycles. The van der Waals surface area contributed by atoms with Gasteiger partial charge < -0.3 is 14.5 Å². The lowest BCUT2D eigenvalue weighted by atomic mass is 10.1. The van der Waals surface area contributed by atoms with Crippen LogP contribution in [-0.2, 0) is 21.4 Å². The summed E-state index contributed by atoms with van der Waals surface area (Å²) < 4.78 is 8.70. The third kappa shape index (κ3) is 3.65. The van der Waals surface area contributed by atoms with Gasteiger partial charge in [-0.25, -0.2) is 9.59 Å². The molecule has 3 aliphatic heterocycles. The molecule has 0 radical (unpaired) electrons. The first-order valence-electron chi connectivity index (χ1n) is 11.8. The number of carbonyl (C=O) groups excluding carboxylic acids is 3. The monoisotopic (exact) mass is 469 g/mol. The van der Waals surface area contributed by atoms with Crippen molar-refractivity contribution in [1.82, 2.24) is 19.4 Å². The molecule has 3 atom stereocenters. The van der Waals surface area contributed by atoms with Crippen molar-refractivity contribution in [2.45, 2.75) is 70.2 Å². The van der Waals surface area contributed by atoms with Gasteiger partial charge in [-0.2, -0.15) is 0 Å². The van der Waals surface area contributed by atoms with E-state index >= 15 is 0 Å². The van der Waals surface area contributed by atoms with Crippen molar-refractivity contribution < 1.29 is 19.1 Å². The van der Waals surface area contributed by atoms with Crippen molar-refractivity contribution in [2.24, 2.45) is 7.05 Å². The van der Waals surface area contributed by atoms with Gasteiger partial charge in [0, 0.05) is 38.6 Å². The minimum absolute atomic E-state index is 0.117. The molecule has 1 aromatic heterocycles. The van der Waals surface area contributed by atoms with E-state index < -0.39 is 17.6 Å². The summed E-state index contributed by atoms with van der Waals surface area (Å²) in [6.07, 6.45) is 2.10. The minimum atomic E-state index is -0.718. The molecule has 5 rings (SSSR count). The number of nitrogens with one attached hydrogen (secondary N) is 1. The van der Waals surface area contributed by atoms with E-state index in [1.165, 1.54) is 4.57 Å². The van der Waals surface area contributed by atoms with E-state index in [1.54, 1.807) is 16.5 Å². The number of benzene rings is 1. The fraction of sp³-hybridized carbons (Fsp3) is 0.583. The number of hydrogen-bond acceptors (Lipinski definition) is 6. The second kappa shape index (κ2) is 7.89. The van der Waals surface area contributed by atoms with Crippen molar-refractivity contribution in [2.75, 3.05) is 18.0 Å². The summed E-state index contributed by atoms with van der Waals surface area (Å²) in [4.78, 5) is 54.3. The molecular weight excluding hydrogens is 438 g/mol. The highest BCUT2D eigenvalue weighted by Crippen LogP contribution is 2.39. The molecule has 4 heterocycles. The number of rotatable bonds is 2. The Hall–Kier alpha value is -3.30. The second-order valence-electron chi connectivity index (χ2n) is 10.5. The first-order chi connectivity index (χ1) is 16.0. The van der Waals surface area contributed by atoms with Gasteiger partial charge in [-0.3, -0.25) is 24.0 Å². The summed E-state index contributed by atoms with van der Waals surface area (Å²) in [5.41, 5.74) is 1.54. The number of fused-ring (bicyclic) bond motifs is 3. The number of imidazole rings is 1. The maximum Gasteiger partial charge on any atom is 0.410 e. The topological polar surface area (TPSA) is 106 Å². The Morgan fingerprint density at radius 2 is 1.74 bits per heavy atom. The van der Waals surface area contributed by atoms with Gasteiger partial charge in [-0.05, 0) is 52.2 Å². The van der Waals surface area contributed by atoms with Crippen LogP contribution in [0.2, 0.25) is 0 Å². The normalized spacial score (nSPS) is 25.1. The van der Waals surface area contributed by atoms with Gasteiger partial charge in [0.25, 0.3) is 0 Å². The molecule has 2 bridgehead atoms. The molecule has 10 nitrogen and oxygen atoms in total. The molecule has 3 fully saturated rings. The van der Waals surface area contributed by atoms with Crippen LogP contribution in [0, 0.1) is 0 Å². The highest BCUT2D eigenvalue weighted by molar-refractivity contribution is 6.00. The molecule has 182 valence electrons. The van der Waals surface area contributed by atoms with E-state index in [-0.39, 0.29) is 36.2 Å². The number of carbonyl (C=O) groups is 3. The predicted molar refractivity (Wildman–Crippen MR) is 126 cm³/mol. The highest BCUT2D eigenvalue weighted by atomic mass is 16.6. The molecule has 10 heteroatoms. The number of likely N-dealkylation sites (tertiary alicyclic amines) is 1. The fourth-order valence-corrected chi connectivity index (χ4v) is 5.63. The molecule has 0 spiro atoms. The van der Waals surface area contributed by atoms with Crippen molar-refractivity contribution in [1.29, 1.82) is 0 Å². The van der Waals surface area contributed by atoms with Crippen LogP contribution in [0.3, 0.4) is 0 Å². The molecular formula is C24H31N5O5. The van der Waals surface area contributed by atoms with Gasteiger partial charge in [0.05, 0.1) is 16.7 Å². The summed E-state index contributed by atoms with van der Waals surface area (Å²) >= 11 is 0. The average molecular weight is 470 g/mol. The number of piperazine rings is 1. The quantitative estimate of drug-likeness (QED) is 0.674. The Bertz CT molecular complexity index is 1220. The van der Waals surface area contributed by atoms with Gasteiger partial charge in [-0.15, -0.1) is 0 Å². The molecule has 3 aliphatic rings. The van der Waals surface area contributed by atoms with Crippen LogP contribution in [0.4, 0.5) is 10.5 Å². The largest absolute Gasteiger partial charge is 0.444 e. The summed E-state index contributed by atoms with van der Waals surface area (Å²) in [6, 6.07) is 5.27. The number of hydrogen-bond donors (Lipinski definition) is 1. The molecule has 1 N–H and O–H groups in total. The Kier molecular flexibility index (Phi) is 5.22. The Morgan fingerprint density at radius 3 is 2.35 bits per heavy atom. The van der Waals surface area contributed by atoms with Gasteiger partial charge in [0.1, 0.15) is 11.6 Å². The molecule has 3 unspecified atom stereocenters. The zero-order valence-electron chi connectivity index (χ0n) is 20.0. The number of para-hydroxylation sites is 1. The summed E-state index contributed by atoms with van der Waals surface area (Å²) in [7, 11) is 1.72. The van der Waals surface area contributed by atoms with Crippen molar-refractivity contribution in [3.8, 4) is 0 Å². The zero-order chi connectivity index (χ0) is 24.4. The first kappa shape index (κ1) is 22.5. The number of ether oxygens (including phenoxy) is 1. The van der Waals surface area contributed by atoms with Crippen LogP contribution in [0.15, 0.2) is 23.0 Å². The van der Waals surface area contributed by atoms with Crippen LogP contribution in [-0.4, -0.2) is 62.7 Å². The van der Waals surface area contributed by atoms with Crippen molar-refractivity contribution in [3.05, 3.63) is 28.7 Å². The third-order valence-electron chi connectivity index (χ3n) is 7.02. The standard InChI is InChI=1S/C24H31N5O5/c1-24(2,3)34-23(33)27-12-14-8-9-15(13-27)28(14)16-6-5-7-17-20(16)26(4)22(32)29(17)18-10-11-19(30)25-21(18)31/h5-7,14-15,18H,8-13H2,1-4H3,(H,25,30,31). The lowest BCUT2D eigenvalue weighted by Crippen LogP contribution is -2.56.